The van der Waals surface area contributed by atoms with Crippen molar-refractivity contribution in [2.45, 2.75) is 19.9 Å². The third kappa shape index (κ3) is 2.92. The fourth-order valence-electron chi connectivity index (χ4n) is 2.16. The summed E-state index contributed by atoms with van der Waals surface area (Å²) in [6.07, 6.45) is -0.495. The van der Waals surface area contributed by atoms with Crippen LogP contribution in [0.5, 0.6) is 5.75 Å². The lowest BCUT2D eigenvalue weighted by Crippen LogP contribution is -2.47. The van der Waals surface area contributed by atoms with Gasteiger partial charge in [-0.15, -0.1) is 12.4 Å². The van der Waals surface area contributed by atoms with Gasteiger partial charge in [-0.05, 0) is 6.07 Å². The molecule has 19 heavy (non-hydrogen) atoms. The molecule has 2 rings (SSSR count). The van der Waals surface area contributed by atoms with Gasteiger partial charge in [-0.25, -0.2) is 9.18 Å². The van der Waals surface area contributed by atoms with E-state index in [2.05, 4.69) is 5.32 Å². The average molecular weight is 290 g/mol. The first-order chi connectivity index (χ1) is 8.45. The fourth-order valence-corrected chi connectivity index (χ4v) is 2.16. The average Bonchev–Trinajstić information content (AvgIpc) is 2.32. The molecule has 0 aromatic heterocycles. The van der Waals surface area contributed by atoms with Gasteiger partial charge in [-0.3, -0.25) is 0 Å². The van der Waals surface area contributed by atoms with E-state index >= 15 is 0 Å². The summed E-state index contributed by atoms with van der Waals surface area (Å²) in [5.74, 6) is -0.274. The Balaban J connectivity index is 0.00000180. The van der Waals surface area contributed by atoms with Crippen LogP contribution in [0.25, 0.3) is 0 Å². The Kier molecular flexibility index (Phi) is 4.63. The number of nitrogens with one attached hydrogen (secondary N) is 1. The Morgan fingerprint density at radius 3 is 2.79 bits per heavy atom. The minimum atomic E-state index is -0.495. The highest BCUT2D eigenvalue weighted by molar-refractivity contribution is 5.85. The molecule has 1 aromatic carbocycles. The van der Waals surface area contributed by atoms with Crippen molar-refractivity contribution in [1.29, 1.82) is 0 Å². The number of carbonyl (C=O) groups excluding carboxylic acids is 1. The number of alkyl carbamates (subject to hydrolysis) is 1. The lowest BCUT2D eigenvalue weighted by atomic mass is 9.80. The van der Waals surface area contributed by atoms with E-state index in [0.29, 0.717) is 5.56 Å². The van der Waals surface area contributed by atoms with Crippen LogP contribution in [0, 0.1) is 11.2 Å². The largest absolute Gasteiger partial charge is 0.493 e. The molecule has 1 aliphatic rings. The number of carbonyl (C=O) groups is 1. The number of ether oxygens (including phenoxy) is 2. The number of methoxy groups -OCH3 is 1. The van der Waals surface area contributed by atoms with E-state index < -0.39 is 11.9 Å². The van der Waals surface area contributed by atoms with Crippen molar-refractivity contribution >= 4 is 18.5 Å². The van der Waals surface area contributed by atoms with E-state index in [9.17, 15) is 9.18 Å². The Morgan fingerprint density at radius 2 is 2.16 bits per heavy atom. The first kappa shape index (κ1) is 15.6. The van der Waals surface area contributed by atoms with Gasteiger partial charge < -0.3 is 14.8 Å². The summed E-state index contributed by atoms with van der Waals surface area (Å²) in [4.78, 5) is 11.4. The highest BCUT2D eigenvalue weighted by atomic mass is 35.5. The zero-order valence-corrected chi connectivity index (χ0v) is 11.8. The number of hydrogen-bond acceptors (Lipinski definition) is 3. The van der Waals surface area contributed by atoms with Crippen LogP contribution in [0.4, 0.5) is 9.18 Å². The second-order valence-corrected chi connectivity index (χ2v) is 5.00. The zero-order valence-electron chi connectivity index (χ0n) is 11.0. The van der Waals surface area contributed by atoms with Crippen LogP contribution in [0.3, 0.4) is 0 Å². The summed E-state index contributed by atoms with van der Waals surface area (Å²) in [5, 5.41) is 2.72. The van der Waals surface area contributed by atoms with Crippen molar-refractivity contribution in [2.75, 3.05) is 13.7 Å². The monoisotopic (exact) mass is 289 g/mol. The maximum Gasteiger partial charge on any atom is 0.407 e. The first-order valence-electron chi connectivity index (χ1n) is 5.71. The van der Waals surface area contributed by atoms with Gasteiger partial charge in [-0.1, -0.05) is 26.0 Å². The fraction of sp³-hybridized carbons (Fsp3) is 0.462. The number of para-hydroxylation sites is 1. The van der Waals surface area contributed by atoms with Gasteiger partial charge in [0, 0.05) is 11.0 Å². The molecule has 1 amide bonds. The van der Waals surface area contributed by atoms with Crippen LogP contribution in [-0.4, -0.2) is 19.8 Å². The van der Waals surface area contributed by atoms with Crippen LogP contribution in [-0.2, 0) is 4.74 Å². The van der Waals surface area contributed by atoms with E-state index in [-0.39, 0.29) is 36.2 Å². The molecule has 1 N–H and O–H groups in total. The molecule has 1 atom stereocenters. The third-order valence-electron chi connectivity index (χ3n) is 3.13. The summed E-state index contributed by atoms with van der Waals surface area (Å²) in [6.45, 7) is 4.17. The number of rotatable bonds is 2. The molecule has 1 aromatic rings. The molecule has 0 unspecified atom stereocenters. The molecule has 0 radical (unpaired) electrons. The quantitative estimate of drug-likeness (QED) is 0.910. The predicted octanol–water partition coefficient (Wildman–Crippen LogP) is 3.06. The predicted molar refractivity (Wildman–Crippen MR) is 71.2 cm³/mol. The van der Waals surface area contributed by atoms with Gasteiger partial charge in [0.25, 0.3) is 0 Å². The van der Waals surface area contributed by atoms with E-state index in [0.717, 1.165) is 0 Å². The number of halogens is 2. The van der Waals surface area contributed by atoms with Crippen LogP contribution in [0.2, 0.25) is 0 Å². The summed E-state index contributed by atoms with van der Waals surface area (Å²) >= 11 is 0. The molecule has 106 valence electrons. The van der Waals surface area contributed by atoms with Gasteiger partial charge >= 0.3 is 6.09 Å². The zero-order chi connectivity index (χ0) is 13.3. The maximum atomic E-state index is 13.7. The highest BCUT2D eigenvalue weighted by Gasteiger charge is 2.39. The van der Waals surface area contributed by atoms with Gasteiger partial charge in [0.1, 0.15) is 6.61 Å². The normalized spacial score (nSPS) is 20.8. The van der Waals surface area contributed by atoms with Crippen LogP contribution >= 0.6 is 12.4 Å². The highest BCUT2D eigenvalue weighted by Crippen LogP contribution is 2.40. The maximum absolute atomic E-state index is 13.7. The number of cyclic esters (lactones) is 1. The standard InChI is InChI=1S/C13H16FNO3.ClH/c1-13(2)7-18-12(16)15-11(13)8-5-4-6-9(14)10(8)17-3;/h4-6,11H,7H2,1-3H3,(H,15,16);1H/t11-;/m1./s1. The molecule has 0 saturated carbocycles. The second kappa shape index (κ2) is 5.65. The summed E-state index contributed by atoms with van der Waals surface area (Å²) < 4.78 is 23.7. The van der Waals surface area contributed by atoms with Crippen LogP contribution in [0.15, 0.2) is 18.2 Å². The lowest BCUT2D eigenvalue weighted by Gasteiger charge is -2.39. The molecule has 1 heterocycles. The molecule has 1 fully saturated rings. The van der Waals surface area contributed by atoms with E-state index in [4.69, 9.17) is 9.47 Å². The van der Waals surface area contributed by atoms with Gasteiger partial charge in [0.15, 0.2) is 11.6 Å². The van der Waals surface area contributed by atoms with E-state index in [1.807, 2.05) is 13.8 Å². The van der Waals surface area contributed by atoms with Gasteiger partial charge in [-0.2, -0.15) is 0 Å². The van der Waals surface area contributed by atoms with Crippen molar-refractivity contribution in [3.8, 4) is 5.75 Å². The second-order valence-electron chi connectivity index (χ2n) is 5.00. The Hall–Kier alpha value is -1.49. The lowest BCUT2D eigenvalue weighted by molar-refractivity contribution is 0.0379. The molecule has 1 saturated heterocycles. The molecule has 4 nitrogen and oxygen atoms in total. The smallest absolute Gasteiger partial charge is 0.407 e. The summed E-state index contributed by atoms with van der Waals surface area (Å²) in [7, 11) is 1.41. The number of hydrogen-bond donors (Lipinski definition) is 1. The number of benzene rings is 1. The molecule has 6 heteroatoms. The van der Waals surface area contributed by atoms with E-state index in [1.54, 1.807) is 12.1 Å². The molecule has 0 aliphatic carbocycles. The molecule has 0 spiro atoms. The van der Waals surface area contributed by atoms with Crippen molar-refractivity contribution < 1.29 is 18.7 Å². The van der Waals surface area contributed by atoms with Gasteiger partial charge in [0.2, 0.25) is 0 Å². The SMILES string of the molecule is COc1c(F)cccc1[C@H]1NC(=O)OCC1(C)C.Cl. The number of amides is 1. The molecule has 0 bridgehead atoms. The Bertz CT molecular complexity index is 479. The minimum absolute atomic E-state index is 0. The Labute approximate surface area is 117 Å². The summed E-state index contributed by atoms with van der Waals surface area (Å²) in [6, 6.07) is 4.34. The van der Waals surface area contributed by atoms with Crippen molar-refractivity contribution in [1.82, 2.24) is 5.32 Å². The van der Waals surface area contributed by atoms with Crippen LogP contribution < -0.4 is 10.1 Å². The molecular weight excluding hydrogens is 273 g/mol. The van der Waals surface area contributed by atoms with E-state index in [1.165, 1.54) is 13.2 Å². The van der Waals surface area contributed by atoms with Crippen LogP contribution in [0.1, 0.15) is 25.5 Å². The van der Waals surface area contributed by atoms with Gasteiger partial charge in [0.05, 0.1) is 13.2 Å². The third-order valence-corrected chi connectivity index (χ3v) is 3.13. The minimum Gasteiger partial charge on any atom is -0.493 e. The molecular formula is C13H17ClFNO3. The Morgan fingerprint density at radius 1 is 1.47 bits per heavy atom. The molecule has 1 aliphatic heterocycles. The first-order valence-corrected chi connectivity index (χ1v) is 5.71. The van der Waals surface area contributed by atoms with Crippen molar-refractivity contribution in [2.24, 2.45) is 5.41 Å². The summed E-state index contributed by atoms with van der Waals surface area (Å²) in [5.41, 5.74) is 0.286. The van der Waals surface area contributed by atoms with Crippen molar-refractivity contribution in [3.63, 3.8) is 0 Å². The topological polar surface area (TPSA) is 47.6 Å². The van der Waals surface area contributed by atoms with Crippen molar-refractivity contribution in [3.05, 3.63) is 29.6 Å².